The number of amides is 2. The number of hydrogen-bond acceptors (Lipinski definition) is 7. The van der Waals surface area contributed by atoms with E-state index in [0.29, 0.717) is 24.8 Å². The van der Waals surface area contributed by atoms with Gasteiger partial charge >= 0.3 is 0 Å². The topological polar surface area (TPSA) is 116 Å². The first-order valence-corrected chi connectivity index (χ1v) is 13.3. The van der Waals surface area contributed by atoms with E-state index in [4.69, 9.17) is 16.3 Å². The number of pyridine rings is 1. The molecule has 0 bridgehead atoms. The van der Waals surface area contributed by atoms with E-state index in [2.05, 4.69) is 20.9 Å². The Morgan fingerprint density at radius 3 is 2.92 bits per heavy atom. The predicted molar refractivity (Wildman–Crippen MR) is 137 cm³/mol. The van der Waals surface area contributed by atoms with E-state index in [-0.39, 0.29) is 42.2 Å². The van der Waals surface area contributed by atoms with E-state index in [9.17, 15) is 14.7 Å². The molecule has 1 aromatic carbocycles. The normalized spacial score (nSPS) is 30.0. The molecule has 2 saturated heterocycles. The van der Waals surface area contributed by atoms with Gasteiger partial charge in [0.15, 0.2) is 0 Å². The third kappa shape index (κ3) is 5.65. The van der Waals surface area contributed by atoms with Gasteiger partial charge in [0.1, 0.15) is 18.1 Å². The van der Waals surface area contributed by atoms with Crippen LogP contribution in [0, 0.1) is 5.92 Å². The van der Waals surface area contributed by atoms with Crippen LogP contribution in [0.5, 0.6) is 0 Å². The minimum absolute atomic E-state index is 0.0305. The second-order valence-corrected chi connectivity index (χ2v) is 10.5. The number of para-hydroxylation sites is 1. The lowest BCUT2D eigenvalue weighted by Gasteiger charge is -2.47. The number of nitrogens with one attached hydrogen (secondary N) is 3. The van der Waals surface area contributed by atoms with Crippen molar-refractivity contribution in [1.82, 2.24) is 20.5 Å². The van der Waals surface area contributed by atoms with Gasteiger partial charge in [-0.05, 0) is 49.8 Å². The number of rotatable bonds is 9. The molecule has 36 heavy (non-hydrogen) atoms. The van der Waals surface area contributed by atoms with Crippen LogP contribution in [0.2, 0.25) is 0 Å². The number of benzene rings is 1. The Labute approximate surface area is 215 Å². The fraction of sp³-hybridized carbons (Fsp3) is 0.577. The van der Waals surface area contributed by atoms with E-state index in [1.807, 2.05) is 41.3 Å². The molecule has 194 valence electrons. The summed E-state index contributed by atoms with van der Waals surface area (Å²) < 4.78 is 6.15. The van der Waals surface area contributed by atoms with Crippen LogP contribution in [0.1, 0.15) is 38.5 Å². The number of aromatic nitrogens is 1. The molecule has 10 heteroatoms. The van der Waals surface area contributed by atoms with Crippen molar-refractivity contribution in [1.29, 1.82) is 0 Å². The second kappa shape index (κ2) is 11.4. The molecule has 2 amide bonds. The number of carbonyl (C=O) groups excluding carboxylic acids is 2. The number of nitrogens with zero attached hydrogens (tertiary/aromatic N) is 2. The monoisotopic (exact) mass is 515 g/mol. The van der Waals surface area contributed by atoms with Crippen molar-refractivity contribution in [2.75, 3.05) is 25.1 Å². The SMILES string of the molecule is O=C(CCCCCOC1CC2CN3C(NC(=O)C3CO)NC2CC1Cl)Nc1ccc2ccccc2n1. The van der Waals surface area contributed by atoms with Gasteiger partial charge in [-0.3, -0.25) is 19.8 Å². The van der Waals surface area contributed by atoms with Gasteiger partial charge < -0.3 is 20.5 Å². The largest absolute Gasteiger partial charge is 0.394 e. The molecule has 6 atom stereocenters. The van der Waals surface area contributed by atoms with Crippen LogP contribution in [0.4, 0.5) is 5.82 Å². The van der Waals surface area contributed by atoms with Gasteiger partial charge in [0.05, 0.1) is 23.6 Å². The van der Waals surface area contributed by atoms with Gasteiger partial charge in [-0.2, -0.15) is 0 Å². The zero-order valence-corrected chi connectivity index (χ0v) is 21.0. The number of unbranched alkanes of at least 4 members (excludes halogenated alkanes) is 2. The van der Waals surface area contributed by atoms with E-state index in [1.54, 1.807) is 0 Å². The van der Waals surface area contributed by atoms with Crippen LogP contribution in [-0.4, -0.2) is 76.4 Å². The van der Waals surface area contributed by atoms with Gasteiger partial charge in [0, 0.05) is 31.0 Å². The Balaban J connectivity index is 1.00. The maximum atomic E-state index is 12.3. The number of halogens is 1. The highest BCUT2D eigenvalue weighted by Gasteiger charge is 2.49. The fourth-order valence-corrected chi connectivity index (χ4v) is 5.96. The van der Waals surface area contributed by atoms with Crippen molar-refractivity contribution in [3.63, 3.8) is 0 Å². The molecule has 1 aromatic heterocycles. The first-order valence-electron chi connectivity index (χ1n) is 12.9. The number of carbonyl (C=O) groups is 2. The highest BCUT2D eigenvalue weighted by atomic mass is 35.5. The zero-order chi connectivity index (χ0) is 25.1. The first kappa shape index (κ1) is 25.4. The Hall–Kier alpha value is -2.30. The van der Waals surface area contributed by atoms with Crippen molar-refractivity contribution in [3.8, 4) is 0 Å². The van der Waals surface area contributed by atoms with Crippen molar-refractivity contribution in [2.24, 2.45) is 5.92 Å². The minimum Gasteiger partial charge on any atom is -0.394 e. The summed E-state index contributed by atoms with van der Waals surface area (Å²) in [5.74, 6) is 0.729. The summed E-state index contributed by atoms with van der Waals surface area (Å²) in [6.45, 7) is 1.16. The molecular weight excluding hydrogens is 482 g/mol. The van der Waals surface area contributed by atoms with Gasteiger partial charge in [-0.25, -0.2) is 4.98 Å². The molecule has 3 aliphatic rings. The standard InChI is InChI=1S/C26H34ClN5O4/c27-18-13-20-17(14-32-21(15-33)25(35)31-26(32)29-20)12-22(18)36-11-5-1-2-8-24(34)30-23-10-9-16-6-3-4-7-19(16)28-23/h3-4,6-7,9-10,17-18,20-22,26,29,33H,1-2,5,8,11-15H2,(H,31,35)(H,28,30,34). The van der Waals surface area contributed by atoms with Crippen molar-refractivity contribution >= 4 is 40.1 Å². The average Bonchev–Trinajstić information content (AvgIpc) is 3.18. The van der Waals surface area contributed by atoms with Crippen LogP contribution in [0.25, 0.3) is 10.9 Å². The summed E-state index contributed by atoms with van der Waals surface area (Å²) in [5, 5.41) is 19.8. The lowest BCUT2D eigenvalue weighted by molar-refractivity contribution is -0.122. The quantitative estimate of drug-likeness (QED) is 0.299. The summed E-state index contributed by atoms with van der Waals surface area (Å²) in [4.78, 5) is 30.9. The van der Waals surface area contributed by atoms with E-state index < -0.39 is 6.04 Å². The molecule has 2 aliphatic heterocycles. The summed E-state index contributed by atoms with van der Waals surface area (Å²) in [6.07, 6.45) is 4.33. The molecule has 5 rings (SSSR count). The number of alkyl halides is 1. The van der Waals surface area contributed by atoms with Gasteiger partial charge in [-0.15, -0.1) is 11.6 Å². The van der Waals surface area contributed by atoms with Gasteiger partial charge in [-0.1, -0.05) is 24.6 Å². The lowest BCUT2D eigenvalue weighted by atomic mass is 9.80. The third-order valence-electron chi connectivity index (χ3n) is 7.54. The van der Waals surface area contributed by atoms with Crippen LogP contribution < -0.4 is 16.0 Å². The molecule has 2 aromatic rings. The number of ether oxygens (including phenoxy) is 1. The summed E-state index contributed by atoms with van der Waals surface area (Å²) in [6, 6.07) is 11.3. The minimum atomic E-state index is -0.495. The smallest absolute Gasteiger partial charge is 0.242 e. The molecular formula is C26H34ClN5O4. The zero-order valence-electron chi connectivity index (χ0n) is 20.2. The number of anilines is 1. The molecule has 6 unspecified atom stereocenters. The highest BCUT2D eigenvalue weighted by Crippen LogP contribution is 2.35. The summed E-state index contributed by atoms with van der Waals surface area (Å²) in [5.41, 5.74) is 0.863. The van der Waals surface area contributed by atoms with Crippen LogP contribution in [0.15, 0.2) is 36.4 Å². The predicted octanol–water partition coefficient (Wildman–Crippen LogP) is 2.18. The van der Waals surface area contributed by atoms with Crippen LogP contribution in [-0.2, 0) is 14.3 Å². The second-order valence-electron chi connectivity index (χ2n) is 9.98. The molecule has 3 heterocycles. The molecule has 3 fully saturated rings. The highest BCUT2D eigenvalue weighted by molar-refractivity contribution is 6.21. The number of hydrogen-bond donors (Lipinski definition) is 4. The summed E-state index contributed by atoms with van der Waals surface area (Å²) in [7, 11) is 0. The Morgan fingerprint density at radius 1 is 1.19 bits per heavy atom. The van der Waals surface area contributed by atoms with E-state index >= 15 is 0 Å². The Kier molecular flexibility index (Phi) is 8.03. The molecule has 0 radical (unpaired) electrons. The third-order valence-corrected chi connectivity index (χ3v) is 8.00. The number of aliphatic hydroxyl groups is 1. The molecule has 9 nitrogen and oxygen atoms in total. The van der Waals surface area contributed by atoms with Crippen LogP contribution >= 0.6 is 11.6 Å². The fourth-order valence-electron chi connectivity index (χ4n) is 5.59. The van der Waals surface area contributed by atoms with Crippen molar-refractivity contribution in [2.45, 2.75) is 68.4 Å². The average molecular weight is 516 g/mol. The molecule has 0 spiro atoms. The Bertz CT molecular complexity index is 1090. The maximum absolute atomic E-state index is 12.3. The molecule has 1 aliphatic carbocycles. The van der Waals surface area contributed by atoms with Crippen molar-refractivity contribution in [3.05, 3.63) is 36.4 Å². The van der Waals surface area contributed by atoms with Crippen molar-refractivity contribution < 1.29 is 19.4 Å². The molecule has 4 N–H and O–H groups in total. The lowest BCUT2D eigenvalue weighted by Crippen LogP contribution is -2.65. The van der Waals surface area contributed by atoms with Crippen LogP contribution in [0.3, 0.4) is 0 Å². The maximum Gasteiger partial charge on any atom is 0.242 e. The van der Waals surface area contributed by atoms with Gasteiger partial charge in [0.2, 0.25) is 11.8 Å². The Morgan fingerprint density at radius 2 is 2.06 bits per heavy atom. The number of fused-ring (bicyclic) bond motifs is 3. The number of aliphatic hydroxyl groups excluding tert-OH is 1. The van der Waals surface area contributed by atoms with E-state index in [1.165, 1.54) is 0 Å². The summed E-state index contributed by atoms with van der Waals surface area (Å²) >= 11 is 6.66. The van der Waals surface area contributed by atoms with E-state index in [0.717, 1.165) is 49.6 Å². The molecule has 1 saturated carbocycles. The first-order chi connectivity index (χ1) is 17.5. The van der Waals surface area contributed by atoms with Gasteiger partial charge in [0.25, 0.3) is 0 Å².